The molecule has 0 aromatic carbocycles. The van der Waals surface area contributed by atoms with E-state index in [1.54, 1.807) is 4.90 Å². The summed E-state index contributed by atoms with van der Waals surface area (Å²) >= 11 is 11.4. The first-order valence-electron chi connectivity index (χ1n) is 4.56. The minimum absolute atomic E-state index is 0.121. The molecule has 1 saturated heterocycles. The van der Waals surface area contributed by atoms with Gasteiger partial charge in [-0.05, 0) is 6.07 Å². The number of hydrogen-bond donors (Lipinski definition) is 2. The van der Waals surface area contributed by atoms with Crippen molar-refractivity contribution in [1.29, 1.82) is 0 Å². The number of halogens is 2. The van der Waals surface area contributed by atoms with Crippen molar-refractivity contribution in [3.63, 3.8) is 0 Å². The van der Waals surface area contributed by atoms with Crippen LogP contribution in [0.25, 0.3) is 0 Å². The van der Waals surface area contributed by atoms with Gasteiger partial charge in [-0.1, -0.05) is 23.2 Å². The fourth-order valence-electron chi connectivity index (χ4n) is 1.54. The second-order valence-electron chi connectivity index (χ2n) is 3.60. The lowest BCUT2D eigenvalue weighted by atomic mass is 10.0. The van der Waals surface area contributed by atoms with E-state index in [4.69, 9.17) is 28.3 Å². The Labute approximate surface area is 96.8 Å². The number of amides is 1. The summed E-state index contributed by atoms with van der Waals surface area (Å²) in [6, 6.07) is 1.51. The Bertz CT molecular complexity index is 366. The van der Waals surface area contributed by atoms with Gasteiger partial charge in [0.15, 0.2) is 0 Å². The van der Waals surface area contributed by atoms with E-state index in [2.05, 4.69) is 4.98 Å². The lowest BCUT2D eigenvalue weighted by molar-refractivity contribution is 0.0357. The molecule has 6 heteroatoms. The van der Waals surface area contributed by atoms with Crippen molar-refractivity contribution in [3.8, 4) is 0 Å². The molecule has 1 aromatic rings. The Morgan fingerprint density at radius 2 is 2.27 bits per heavy atom. The van der Waals surface area contributed by atoms with Gasteiger partial charge in [0.1, 0.15) is 10.8 Å². The van der Waals surface area contributed by atoms with Gasteiger partial charge in [0.25, 0.3) is 5.91 Å². The normalized spacial score (nSPS) is 16.6. The maximum absolute atomic E-state index is 11.7. The van der Waals surface area contributed by atoms with E-state index >= 15 is 0 Å². The maximum atomic E-state index is 11.7. The largest absolute Gasteiger partial charge is 0.396 e. The summed E-state index contributed by atoms with van der Waals surface area (Å²) in [5, 5.41) is 9.44. The van der Waals surface area contributed by atoms with Crippen LogP contribution in [0.5, 0.6) is 0 Å². The van der Waals surface area contributed by atoms with Gasteiger partial charge in [0, 0.05) is 25.6 Å². The molecular weight excluding hydrogens is 239 g/mol. The molecule has 0 saturated carbocycles. The second kappa shape index (κ2) is 4.04. The SMILES string of the molecule is O=C(c1cc(Cl)c(Cl)[nH]1)N1CC(CO)C1. The number of likely N-dealkylation sites (tertiary alicyclic amines) is 1. The number of aliphatic hydroxyl groups excluding tert-OH is 1. The van der Waals surface area contributed by atoms with Gasteiger partial charge in [-0.3, -0.25) is 4.79 Å². The molecule has 82 valence electrons. The van der Waals surface area contributed by atoms with Crippen LogP contribution in [0.15, 0.2) is 6.07 Å². The van der Waals surface area contributed by atoms with Gasteiger partial charge in [0.05, 0.1) is 5.02 Å². The van der Waals surface area contributed by atoms with E-state index in [0.717, 1.165) is 0 Å². The third-order valence-corrected chi connectivity index (χ3v) is 3.15. The highest BCUT2D eigenvalue weighted by Gasteiger charge is 2.31. The number of aromatic nitrogens is 1. The molecule has 0 bridgehead atoms. The number of rotatable bonds is 2. The topological polar surface area (TPSA) is 56.3 Å². The summed E-state index contributed by atoms with van der Waals surface area (Å²) in [5.41, 5.74) is 0.390. The van der Waals surface area contributed by atoms with Crippen LogP contribution < -0.4 is 0 Å². The van der Waals surface area contributed by atoms with Crippen molar-refractivity contribution in [2.24, 2.45) is 5.92 Å². The number of nitrogens with one attached hydrogen (secondary N) is 1. The third kappa shape index (κ3) is 1.97. The number of aromatic amines is 1. The van der Waals surface area contributed by atoms with Crippen LogP contribution in [-0.4, -0.2) is 40.6 Å². The molecule has 0 aliphatic carbocycles. The third-order valence-electron chi connectivity index (χ3n) is 2.46. The van der Waals surface area contributed by atoms with Crippen LogP contribution in [-0.2, 0) is 0 Å². The van der Waals surface area contributed by atoms with Crippen molar-refractivity contribution in [2.75, 3.05) is 19.7 Å². The lowest BCUT2D eigenvalue weighted by Gasteiger charge is -2.37. The molecule has 1 fully saturated rings. The molecular formula is C9H10Cl2N2O2. The van der Waals surface area contributed by atoms with E-state index in [9.17, 15) is 4.79 Å². The second-order valence-corrected chi connectivity index (χ2v) is 4.39. The average Bonchev–Trinajstić information content (AvgIpc) is 2.45. The summed E-state index contributed by atoms with van der Waals surface area (Å²) in [7, 11) is 0. The Morgan fingerprint density at radius 3 is 2.73 bits per heavy atom. The van der Waals surface area contributed by atoms with E-state index in [0.29, 0.717) is 23.8 Å². The van der Waals surface area contributed by atoms with E-state index in [1.807, 2.05) is 0 Å². The van der Waals surface area contributed by atoms with Crippen molar-refractivity contribution in [1.82, 2.24) is 9.88 Å². The van der Waals surface area contributed by atoms with E-state index < -0.39 is 0 Å². The van der Waals surface area contributed by atoms with Crippen LogP contribution in [0.3, 0.4) is 0 Å². The summed E-state index contributed by atoms with van der Waals surface area (Å²) in [5.74, 6) is 0.0726. The first-order valence-corrected chi connectivity index (χ1v) is 5.31. The highest BCUT2D eigenvalue weighted by molar-refractivity contribution is 6.41. The molecule has 2 heterocycles. The molecule has 0 radical (unpaired) electrons. The van der Waals surface area contributed by atoms with Crippen LogP contribution in [0.4, 0.5) is 0 Å². The molecule has 15 heavy (non-hydrogen) atoms. The highest BCUT2D eigenvalue weighted by atomic mass is 35.5. The Hall–Kier alpha value is -0.710. The van der Waals surface area contributed by atoms with Crippen LogP contribution >= 0.6 is 23.2 Å². The fraction of sp³-hybridized carbons (Fsp3) is 0.444. The Kier molecular flexibility index (Phi) is 2.91. The number of nitrogens with zero attached hydrogens (tertiary/aromatic N) is 1. The van der Waals surface area contributed by atoms with Crippen molar-refractivity contribution < 1.29 is 9.90 Å². The van der Waals surface area contributed by atoms with Crippen LogP contribution in [0, 0.1) is 5.92 Å². The first-order chi connectivity index (χ1) is 7.11. The number of H-pyrrole nitrogens is 1. The zero-order chi connectivity index (χ0) is 11.0. The van der Waals surface area contributed by atoms with Gasteiger partial charge < -0.3 is 15.0 Å². The molecule has 0 spiro atoms. The van der Waals surface area contributed by atoms with Crippen molar-refractivity contribution in [2.45, 2.75) is 0 Å². The summed E-state index contributed by atoms with van der Waals surface area (Å²) < 4.78 is 0. The van der Waals surface area contributed by atoms with Crippen molar-refractivity contribution in [3.05, 3.63) is 21.9 Å². The number of carbonyl (C=O) groups is 1. The predicted octanol–water partition coefficient (Wildman–Crippen LogP) is 1.39. The van der Waals surface area contributed by atoms with Gasteiger partial charge >= 0.3 is 0 Å². The number of carbonyl (C=O) groups excluding carboxylic acids is 1. The molecule has 2 N–H and O–H groups in total. The zero-order valence-electron chi connectivity index (χ0n) is 7.83. The molecule has 1 amide bonds. The van der Waals surface area contributed by atoms with Gasteiger partial charge in [-0.25, -0.2) is 0 Å². The maximum Gasteiger partial charge on any atom is 0.270 e. The molecule has 1 aliphatic rings. The zero-order valence-corrected chi connectivity index (χ0v) is 9.35. The lowest BCUT2D eigenvalue weighted by Crippen LogP contribution is -2.51. The minimum Gasteiger partial charge on any atom is -0.396 e. The standard InChI is InChI=1S/C9H10Cl2N2O2/c10-6-1-7(12-8(6)11)9(15)13-2-5(3-13)4-14/h1,5,12,14H,2-4H2. The Morgan fingerprint density at radius 1 is 1.60 bits per heavy atom. The van der Waals surface area contributed by atoms with Crippen LogP contribution in [0.2, 0.25) is 10.2 Å². The predicted molar refractivity (Wildman–Crippen MR) is 57.3 cm³/mol. The quantitative estimate of drug-likeness (QED) is 0.832. The summed E-state index contributed by atoms with van der Waals surface area (Å²) in [6.45, 7) is 1.29. The van der Waals surface area contributed by atoms with Crippen LogP contribution in [0.1, 0.15) is 10.5 Å². The smallest absolute Gasteiger partial charge is 0.270 e. The fourth-order valence-corrected chi connectivity index (χ4v) is 1.85. The molecule has 4 nitrogen and oxygen atoms in total. The van der Waals surface area contributed by atoms with E-state index in [-0.39, 0.29) is 23.6 Å². The monoisotopic (exact) mass is 248 g/mol. The van der Waals surface area contributed by atoms with Gasteiger partial charge in [-0.2, -0.15) is 0 Å². The molecule has 0 atom stereocenters. The minimum atomic E-state index is -0.131. The molecule has 2 rings (SSSR count). The summed E-state index contributed by atoms with van der Waals surface area (Å²) in [4.78, 5) is 16.1. The van der Waals surface area contributed by atoms with E-state index in [1.165, 1.54) is 6.07 Å². The van der Waals surface area contributed by atoms with Gasteiger partial charge in [0.2, 0.25) is 0 Å². The first kappa shape index (κ1) is 10.8. The average molecular weight is 249 g/mol. The highest BCUT2D eigenvalue weighted by Crippen LogP contribution is 2.24. The molecule has 0 unspecified atom stereocenters. The number of aliphatic hydroxyl groups is 1. The van der Waals surface area contributed by atoms with Crippen molar-refractivity contribution >= 4 is 29.1 Å². The molecule has 1 aliphatic heterocycles. The van der Waals surface area contributed by atoms with Gasteiger partial charge in [-0.15, -0.1) is 0 Å². The summed E-state index contributed by atoms with van der Waals surface area (Å²) in [6.07, 6.45) is 0. The Balaban J connectivity index is 2.03. The number of hydrogen-bond acceptors (Lipinski definition) is 2. The molecule has 1 aromatic heterocycles.